The van der Waals surface area contributed by atoms with E-state index in [2.05, 4.69) is 43.6 Å². The molecule has 1 aliphatic carbocycles. The van der Waals surface area contributed by atoms with Crippen LogP contribution in [0, 0.1) is 5.92 Å². The van der Waals surface area contributed by atoms with Crippen molar-refractivity contribution in [1.82, 2.24) is 5.32 Å². The average molecular weight is 261 g/mol. The quantitative estimate of drug-likeness (QED) is 0.789. The summed E-state index contributed by atoms with van der Waals surface area (Å²) in [6.45, 7) is 2.95. The van der Waals surface area contributed by atoms with Gasteiger partial charge in [-0.2, -0.15) is 0 Å². The van der Waals surface area contributed by atoms with Crippen LogP contribution in [0.4, 0.5) is 0 Å². The van der Waals surface area contributed by atoms with E-state index in [0.29, 0.717) is 6.04 Å². The van der Waals surface area contributed by atoms with E-state index in [1.807, 2.05) is 0 Å². The van der Waals surface area contributed by atoms with Crippen molar-refractivity contribution < 1.29 is 4.74 Å². The molecule has 1 saturated carbocycles. The fraction of sp³-hybridized carbons (Fsp3) is 0.647. The molecule has 1 unspecified atom stereocenters. The van der Waals surface area contributed by atoms with Crippen molar-refractivity contribution >= 4 is 0 Å². The Kier molecular flexibility index (Phi) is 5.71. The van der Waals surface area contributed by atoms with E-state index in [9.17, 15) is 0 Å². The molecule has 0 heterocycles. The molecular weight excluding hydrogens is 234 g/mol. The summed E-state index contributed by atoms with van der Waals surface area (Å²) in [5.41, 5.74) is 1.32. The highest BCUT2D eigenvalue weighted by molar-refractivity contribution is 5.36. The fourth-order valence-electron chi connectivity index (χ4n) is 3.09. The van der Waals surface area contributed by atoms with Crippen LogP contribution < -0.4 is 10.1 Å². The lowest BCUT2D eigenvalue weighted by molar-refractivity contribution is 0.306. The first-order valence-corrected chi connectivity index (χ1v) is 7.74. The first-order valence-electron chi connectivity index (χ1n) is 7.74. The first kappa shape index (κ1) is 14.4. The van der Waals surface area contributed by atoms with Crippen molar-refractivity contribution in [3.8, 4) is 5.75 Å². The highest BCUT2D eigenvalue weighted by atomic mass is 16.5. The van der Waals surface area contributed by atoms with E-state index in [1.54, 1.807) is 0 Å². The van der Waals surface area contributed by atoms with E-state index >= 15 is 0 Å². The molecule has 0 radical (unpaired) electrons. The Morgan fingerprint density at radius 1 is 1.26 bits per heavy atom. The van der Waals surface area contributed by atoms with E-state index < -0.39 is 0 Å². The Morgan fingerprint density at radius 2 is 2.00 bits per heavy atom. The van der Waals surface area contributed by atoms with Crippen LogP contribution in [-0.2, 0) is 0 Å². The van der Waals surface area contributed by atoms with Crippen LogP contribution in [0.15, 0.2) is 24.3 Å². The van der Waals surface area contributed by atoms with E-state index in [-0.39, 0.29) is 0 Å². The highest BCUT2D eigenvalue weighted by Gasteiger charge is 2.22. The molecule has 0 amide bonds. The molecule has 2 rings (SSSR count). The summed E-state index contributed by atoms with van der Waals surface area (Å²) >= 11 is 0. The molecule has 1 aromatic rings. The summed E-state index contributed by atoms with van der Waals surface area (Å²) in [5.74, 6) is 1.94. The molecular formula is C17H27NO. The third-order valence-corrected chi connectivity index (χ3v) is 4.15. The summed E-state index contributed by atoms with van der Waals surface area (Å²) in [6, 6.07) is 8.92. The van der Waals surface area contributed by atoms with Crippen molar-refractivity contribution in [2.24, 2.45) is 5.92 Å². The third kappa shape index (κ3) is 3.97. The molecule has 1 N–H and O–H groups in total. The monoisotopic (exact) mass is 261 g/mol. The number of hydrogen-bond donors (Lipinski definition) is 1. The SMILES string of the molecule is CCCOc1ccccc1C(CC1CCCC1)NC. The molecule has 106 valence electrons. The van der Waals surface area contributed by atoms with Gasteiger partial charge in [-0.3, -0.25) is 0 Å². The Labute approximate surface area is 117 Å². The molecule has 0 spiro atoms. The van der Waals surface area contributed by atoms with Crippen molar-refractivity contribution in [1.29, 1.82) is 0 Å². The third-order valence-electron chi connectivity index (χ3n) is 4.15. The van der Waals surface area contributed by atoms with E-state index in [0.717, 1.165) is 24.7 Å². The van der Waals surface area contributed by atoms with Crippen LogP contribution >= 0.6 is 0 Å². The van der Waals surface area contributed by atoms with E-state index in [1.165, 1.54) is 37.7 Å². The van der Waals surface area contributed by atoms with Gasteiger partial charge in [-0.05, 0) is 31.9 Å². The molecule has 0 aliphatic heterocycles. The molecule has 2 heteroatoms. The van der Waals surface area contributed by atoms with Gasteiger partial charge in [0.25, 0.3) is 0 Å². The average Bonchev–Trinajstić information content (AvgIpc) is 2.96. The zero-order chi connectivity index (χ0) is 13.5. The number of hydrogen-bond acceptors (Lipinski definition) is 2. The van der Waals surface area contributed by atoms with Gasteiger partial charge in [-0.25, -0.2) is 0 Å². The van der Waals surface area contributed by atoms with Crippen LogP contribution in [0.2, 0.25) is 0 Å². The predicted octanol–water partition coefficient (Wildman–Crippen LogP) is 4.32. The van der Waals surface area contributed by atoms with Gasteiger partial charge in [0.2, 0.25) is 0 Å². The standard InChI is InChI=1S/C17H27NO/c1-3-12-19-17-11-7-6-10-15(17)16(18-2)13-14-8-4-5-9-14/h6-7,10-11,14,16,18H,3-5,8-9,12-13H2,1-2H3. The Bertz CT molecular complexity index is 371. The number of ether oxygens (including phenoxy) is 1. The van der Waals surface area contributed by atoms with Gasteiger partial charge in [-0.1, -0.05) is 50.8 Å². The maximum absolute atomic E-state index is 5.89. The molecule has 0 aromatic heterocycles. The van der Waals surface area contributed by atoms with Gasteiger partial charge in [-0.15, -0.1) is 0 Å². The topological polar surface area (TPSA) is 21.3 Å². The minimum Gasteiger partial charge on any atom is -0.493 e. The fourth-order valence-corrected chi connectivity index (χ4v) is 3.09. The van der Waals surface area contributed by atoms with Crippen molar-refractivity contribution in [3.05, 3.63) is 29.8 Å². The van der Waals surface area contributed by atoms with Crippen LogP contribution in [0.1, 0.15) is 57.1 Å². The summed E-state index contributed by atoms with van der Waals surface area (Å²) in [4.78, 5) is 0. The number of para-hydroxylation sites is 1. The predicted molar refractivity (Wildman–Crippen MR) is 80.6 cm³/mol. The van der Waals surface area contributed by atoms with Crippen molar-refractivity contribution in [3.63, 3.8) is 0 Å². The van der Waals surface area contributed by atoms with Gasteiger partial charge in [0.15, 0.2) is 0 Å². The molecule has 0 saturated heterocycles. The Balaban J connectivity index is 2.07. The number of rotatable bonds is 7. The Hall–Kier alpha value is -1.02. The second kappa shape index (κ2) is 7.54. The van der Waals surface area contributed by atoms with Crippen molar-refractivity contribution in [2.75, 3.05) is 13.7 Å². The first-order chi connectivity index (χ1) is 9.35. The lowest BCUT2D eigenvalue weighted by Crippen LogP contribution is -2.20. The number of nitrogens with one attached hydrogen (secondary N) is 1. The normalized spacial score (nSPS) is 17.6. The number of benzene rings is 1. The van der Waals surface area contributed by atoms with E-state index in [4.69, 9.17) is 4.74 Å². The Morgan fingerprint density at radius 3 is 2.68 bits per heavy atom. The lowest BCUT2D eigenvalue weighted by atomic mass is 9.93. The van der Waals surface area contributed by atoms with Gasteiger partial charge in [0, 0.05) is 11.6 Å². The summed E-state index contributed by atoms with van der Waals surface area (Å²) in [7, 11) is 2.07. The minimum atomic E-state index is 0.427. The van der Waals surface area contributed by atoms with Gasteiger partial charge in [0.05, 0.1) is 6.61 Å². The molecule has 1 aromatic carbocycles. The van der Waals surface area contributed by atoms with Crippen molar-refractivity contribution in [2.45, 2.75) is 51.5 Å². The van der Waals surface area contributed by atoms with Gasteiger partial charge < -0.3 is 10.1 Å². The molecule has 2 nitrogen and oxygen atoms in total. The summed E-state index contributed by atoms with van der Waals surface area (Å²) in [5, 5.41) is 3.48. The summed E-state index contributed by atoms with van der Waals surface area (Å²) in [6.07, 6.45) is 7.92. The second-order valence-corrected chi connectivity index (χ2v) is 5.61. The largest absolute Gasteiger partial charge is 0.493 e. The molecule has 1 fully saturated rings. The zero-order valence-electron chi connectivity index (χ0n) is 12.3. The maximum atomic E-state index is 5.89. The minimum absolute atomic E-state index is 0.427. The van der Waals surface area contributed by atoms with Gasteiger partial charge >= 0.3 is 0 Å². The molecule has 0 bridgehead atoms. The molecule has 1 atom stereocenters. The smallest absolute Gasteiger partial charge is 0.124 e. The summed E-state index contributed by atoms with van der Waals surface area (Å²) < 4.78 is 5.89. The van der Waals surface area contributed by atoms with Crippen LogP contribution in [0.3, 0.4) is 0 Å². The maximum Gasteiger partial charge on any atom is 0.124 e. The molecule has 1 aliphatic rings. The second-order valence-electron chi connectivity index (χ2n) is 5.61. The van der Waals surface area contributed by atoms with Gasteiger partial charge in [0.1, 0.15) is 5.75 Å². The molecule has 19 heavy (non-hydrogen) atoms. The van der Waals surface area contributed by atoms with Crippen LogP contribution in [0.25, 0.3) is 0 Å². The van der Waals surface area contributed by atoms with Crippen LogP contribution in [-0.4, -0.2) is 13.7 Å². The zero-order valence-corrected chi connectivity index (χ0v) is 12.3. The lowest BCUT2D eigenvalue weighted by Gasteiger charge is -2.23. The van der Waals surface area contributed by atoms with Crippen LogP contribution in [0.5, 0.6) is 5.75 Å². The highest BCUT2D eigenvalue weighted by Crippen LogP contribution is 2.35.